The zero-order valence-corrected chi connectivity index (χ0v) is 12.3. The third-order valence-corrected chi connectivity index (χ3v) is 3.55. The maximum atomic E-state index is 12.2. The van der Waals surface area contributed by atoms with Crippen molar-refractivity contribution in [2.24, 2.45) is 0 Å². The number of fused-ring (bicyclic) bond motifs is 1. The van der Waals surface area contributed by atoms with Crippen molar-refractivity contribution in [1.82, 2.24) is 0 Å². The first-order valence-electron chi connectivity index (χ1n) is 7.11. The number of benzene rings is 3. The summed E-state index contributed by atoms with van der Waals surface area (Å²) in [5, 5.41) is 2.36. The lowest BCUT2D eigenvalue weighted by Crippen LogP contribution is -1.94. The Morgan fingerprint density at radius 1 is 0.909 bits per heavy atom. The maximum Gasteiger partial charge on any atom is 0.185 e. The molecular formula is C20H16O2. The second-order valence-electron chi connectivity index (χ2n) is 5.04. The maximum absolute atomic E-state index is 12.2. The van der Waals surface area contributed by atoms with Gasteiger partial charge >= 0.3 is 0 Å². The fraction of sp³-hybridized carbons (Fsp3) is 0.0500. The fourth-order valence-corrected chi connectivity index (χ4v) is 2.36. The highest BCUT2D eigenvalue weighted by Gasteiger charge is 2.03. The van der Waals surface area contributed by atoms with Gasteiger partial charge in [0.25, 0.3) is 0 Å². The van der Waals surface area contributed by atoms with Gasteiger partial charge in [0.2, 0.25) is 0 Å². The molecule has 0 radical (unpaired) electrons. The largest absolute Gasteiger partial charge is 0.497 e. The Kier molecular flexibility index (Phi) is 4.01. The van der Waals surface area contributed by atoms with E-state index in [1.807, 2.05) is 36.4 Å². The molecule has 0 fully saturated rings. The van der Waals surface area contributed by atoms with Crippen LogP contribution < -0.4 is 4.74 Å². The summed E-state index contributed by atoms with van der Waals surface area (Å²) >= 11 is 0. The lowest BCUT2D eigenvalue weighted by Gasteiger charge is -2.01. The monoisotopic (exact) mass is 288 g/mol. The summed E-state index contributed by atoms with van der Waals surface area (Å²) in [4.78, 5) is 12.2. The van der Waals surface area contributed by atoms with E-state index in [-0.39, 0.29) is 5.78 Å². The van der Waals surface area contributed by atoms with Crippen molar-refractivity contribution >= 4 is 22.6 Å². The van der Waals surface area contributed by atoms with E-state index < -0.39 is 0 Å². The van der Waals surface area contributed by atoms with Crippen LogP contribution in [0, 0.1) is 0 Å². The third kappa shape index (κ3) is 3.07. The molecule has 3 aromatic carbocycles. The van der Waals surface area contributed by atoms with Crippen LogP contribution in [0.25, 0.3) is 16.8 Å². The van der Waals surface area contributed by atoms with Gasteiger partial charge in [0.05, 0.1) is 7.11 Å². The first kappa shape index (κ1) is 14.1. The molecule has 0 bridgehead atoms. The molecule has 0 aliphatic heterocycles. The molecule has 2 heteroatoms. The van der Waals surface area contributed by atoms with E-state index in [4.69, 9.17) is 4.74 Å². The molecule has 0 saturated carbocycles. The van der Waals surface area contributed by atoms with Crippen molar-refractivity contribution in [3.8, 4) is 5.75 Å². The fourth-order valence-electron chi connectivity index (χ4n) is 2.36. The number of carbonyl (C=O) groups excluding carboxylic acids is 1. The molecule has 3 rings (SSSR count). The highest BCUT2D eigenvalue weighted by molar-refractivity contribution is 6.07. The summed E-state index contributed by atoms with van der Waals surface area (Å²) < 4.78 is 5.14. The molecule has 0 unspecified atom stereocenters. The van der Waals surface area contributed by atoms with E-state index in [0.29, 0.717) is 11.3 Å². The van der Waals surface area contributed by atoms with E-state index >= 15 is 0 Å². The Labute approximate surface area is 129 Å². The van der Waals surface area contributed by atoms with Crippen molar-refractivity contribution < 1.29 is 9.53 Å². The van der Waals surface area contributed by atoms with Crippen molar-refractivity contribution in [1.29, 1.82) is 0 Å². The highest BCUT2D eigenvalue weighted by Crippen LogP contribution is 2.17. The summed E-state index contributed by atoms with van der Waals surface area (Å²) in [6, 6.07) is 21.5. The van der Waals surface area contributed by atoms with Gasteiger partial charge in [-0.15, -0.1) is 0 Å². The minimum atomic E-state index is -0.0351. The first-order valence-corrected chi connectivity index (χ1v) is 7.11. The molecule has 0 N–H and O–H groups in total. The van der Waals surface area contributed by atoms with Gasteiger partial charge in [0.1, 0.15) is 5.75 Å². The molecule has 0 heterocycles. The molecular weight excluding hydrogens is 272 g/mol. The van der Waals surface area contributed by atoms with Crippen molar-refractivity contribution in [3.05, 3.63) is 83.9 Å². The van der Waals surface area contributed by atoms with Gasteiger partial charge in [-0.3, -0.25) is 4.79 Å². The molecule has 0 aliphatic rings. The number of ketones is 1. The molecule has 0 atom stereocenters. The van der Waals surface area contributed by atoms with Gasteiger partial charge in [-0.25, -0.2) is 0 Å². The second-order valence-corrected chi connectivity index (χ2v) is 5.04. The normalized spacial score (nSPS) is 11.0. The van der Waals surface area contributed by atoms with E-state index in [0.717, 1.165) is 5.56 Å². The SMILES string of the molecule is COc1cccc(C(=O)/C=C/c2ccc3ccccc3c2)c1. The van der Waals surface area contributed by atoms with Crippen LogP contribution in [0.5, 0.6) is 5.75 Å². The van der Waals surface area contributed by atoms with Gasteiger partial charge < -0.3 is 4.74 Å². The summed E-state index contributed by atoms with van der Waals surface area (Å²) in [5.41, 5.74) is 1.63. The van der Waals surface area contributed by atoms with E-state index in [9.17, 15) is 4.79 Å². The lowest BCUT2D eigenvalue weighted by atomic mass is 10.1. The molecule has 0 amide bonds. The summed E-state index contributed by atoms with van der Waals surface area (Å²) in [6.45, 7) is 0. The van der Waals surface area contributed by atoms with E-state index in [1.54, 1.807) is 25.3 Å². The lowest BCUT2D eigenvalue weighted by molar-refractivity contribution is 0.104. The standard InChI is InChI=1S/C20H16O2/c1-22-19-8-4-7-18(14-19)20(21)12-10-15-9-11-16-5-2-3-6-17(16)13-15/h2-14H,1H3/b12-10+. The van der Waals surface area contributed by atoms with Crippen LogP contribution in [-0.4, -0.2) is 12.9 Å². The highest BCUT2D eigenvalue weighted by atomic mass is 16.5. The average Bonchev–Trinajstić information content (AvgIpc) is 2.59. The minimum absolute atomic E-state index is 0.0351. The van der Waals surface area contributed by atoms with Gasteiger partial charge in [-0.2, -0.15) is 0 Å². The molecule has 0 saturated heterocycles. The zero-order valence-electron chi connectivity index (χ0n) is 12.3. The van der Waals surface area contributed by atoms with E-state index in [2.05, 4.69) is 24.3 Å². The van der Waals surface area contributed by atoms with Crippen molar-refractivity contribution in [2.75, 3.05) is 7.11 Å². The number of methoxy groups -OCH3 is 1. The van der Waals surface area contributed by atoms with Crippen molar-refractivity contribution in [3.63, 3.8) is 0 Å². The molecule has 0 spiro atoms. The average molecular weight is 288 g/mol. The number of hydrogen-bond acceptors (Lipinski definition) is 2. The minimum Gasteiger partial charge on any atom is -0.497 e. The smallest absolute Gasteiger partial charge is 0.185 e. The summed E-state index contributed by atoms with van der Waals surface area (Å²) in [7, 11) is 1.59. The number of rotatable bonds is 4. The Hall–Kier alpha value is -2.87. The predicted molar refractivity (Wildman–Crippen MR) is 90.3 cm³/mol. The molecule has 2 nitrogen and oxygen atoms in total. The quantitative estimate of drug-likeness (QED) is 0.512. The third-order valence-electron chi connectivity index (χ3n) is 3.55. The topological polar surface area (TPSA) is 26.3 Å². The van der Waals surface area contributed by atoms with Crippen LogP contribution in [0.3, 0.4) is 0 Å². The Morgan fingerprint density at radius 3 is 2.55 bits per heavy atom. The Bertz CT molecular complexity index is 847. The Morgan fingerprint density at radius 2 is 1.73 bits per heavy atom. The van der Waals surface area contributed by atoms with Crippen LogP contribution in [0.2, 0.25) is 0 Å². The molecule has 0 aromatic heterocycles. The van der Waals surface area contributed by atoms with Gasteiger partial charge in [0.15, 0.2) is 5.78 Å². The van der Waals surface area contributed by atoms with Crippen molar-refractivity contribution in [2.45, 2.75) is 0 Å². The number of carbonyl (C=O) groups is 1. The van der Waals surface area contributed by atoms with Crippen LogP contribution in [-0.2, 0) is 0 Å². The van der Waals surface area contributed by atoms with Crippen LogP contribution in [0.4, 0.5) is 0 Å². The van der Waals surface area contributed by atoms with Crippen LogP contribution in [0.15, 0.2) is 72.8 Å². The van der Waals surface area contributed by atoms with Crippen LogP contribution >= 0.6 is 0 Å². The Balaban J connectivity index is 1.83. The summed E-state index contributed by atoms with van der Waals surface area (Å²) in [5.74, 6) is 0.650. The number of allylic oxidation sites excluding steroid dienone is 1. The number of hydrogen-bond donors (Lipinski definition) is 0. The molecule has 0 aliphatic carbocycles. The van der Waals surface area contributed by atoms with Gasteiger partial charge in [0, 0.05) is 5.56 Å². The van der Waals surface area contributed by atoms with Gasteiger partial charge in [-0.1, -0.05) is 54.6 Å². The molecule has 22 heavy (non-hydrogen) atoms. The molecule has 3 aromatic rings. The first-order chi connectivity index (χ1) is 10.8. The van der Waals surface area contributed by atoms with Crippen LogP contribution in [0.1, 0.15) is 15.9 Å². The summed E-state index contributed by atoms with van der Waals surface area (Å²) in [6.07, 6.45) is 3.44. The zero-order chi connectivity index (χ0) is 15.4. The predicted octanol–water partition coefficient (Wildman–Crippen LogP) is 4.74. The van der Waals surface area contributed by atoms with Gasteiger partial charge in [-0.05, 0) is 40.6 Å². The van der Waals surface area contributed by atoms with E-state index in [1.165, 1.54) is 10.8 Å². The number of ether oxygens (including phenoxy) is 1. The molecule has 108 valence electrons. The second kappa shape index (κ2) is 6.27.